The van der Waals surface area contributed by atoms with Crippen molar-refractivity contribution < 1.29 is 9.84 Å². The molecule has 1 aliphatic rings. The third-order valence-electron chi connectivity index (χ3n) is 3.59. The molecule has 0 saturated carbocycles. The summed E-state index contributed by atoms with van der Waals surface area (Å²) in [5, 5.41) is 13.6. The molecular weight excluding hydrogens is 240 g/mol. The van der Waals surface area contributed by atoms with Crippen LogP contribution >= 0.6 is 0 Å². The summed E-state index contributed by atoms with van der Waals surface area (Å²) in [5.41, 5.74) is 0.902. The van der Waals surface area contributed by atoms with Gasteiger partial charge >= 0.3 is 0 Å². The molecule has 0 aliphatic carbocycles. The summed E-state index contributed by atoms with van der Waals surface area (Å²) in [4.78, 5) is 2.34. The summed E-state index contributed by atoms with van der Waals surface area (Å²) in [6, 6.07) is 6.18. The van der Waals surface area contributed by atoms with Gasteiger partial charge in [0.15, 0.2) is 11.5 Å². The number of hydrogen-bond donors (Lipinski definition) is 2. The number of likely N-dealkylation sites (tertiary alicyclic amines) is 1. The highest BCUT2D eigenvalue weighted by molar-refractivity contribution is 5.45. The number of rotatable bonds is 5. The highest BCUT2D eigenvalue weighted by atomic mass is 16.5. The van der Waals surface area contributed by atoms with Crippen LogP contribution in [0.1, 0.15) is 25.3 Å². The topological polar surface area (TPSA) is 44.7 Å². The average Bonchev–Trinajstić information content (AvgIpc) is 2.40. The first-order valence-corrected chi connectivity index (χ1v) is 7.06. The Morgan fingerprint density at radius 2 is 2.32 bits per heavy atom. The fourth-order valence-corrected chi connectivity index (χ4v) is 2.57. The van der Waals surface area contributed by atoms with Crippen molar-refractivity contribution >= 4 is 0 Å². The Bertz CT molecular complexity index is 409. The van der Waals surface area contributed by atoms with Crippen LogP contribution in [0.25, 0.3) is 0 Å². The van der Waals surface area contributed by atoms with Crippen LogP contribution in [0.3, 0.4) is 0 Å². The Labute approximate surface area is 115 Å². The fraction of sp³-hybridized carbons (Fsp3) is 0.600. The average molecular weight is 264 g/mol. The number of piperidine rings is 1. The van der Waals surface area contributed by atoms with Crippen LogP contribution in [0.15, 0.2) is 18.2 Å². The number of phenols is 1. The molecule has 4 nitrogen and oxygen atoms in total. The molecular formula is C15H24N2O2. The van der Waals surface area contributed by atoms with Crippen molar-refractivity contribution in [3.63, 3.8) is 0 Å². The second-order valence-corrected chi connectivity index (χ2v) is 5.18. The van der Waals surface area contributed by atoms with E-state index in [1.165, 1.54) is 19.4 Å². The summed E-state index contributed by atoms with van der Waals surface area (Å²) < 4.78 is 5.40. The summed E-state index contributed by atoms with van der Waals surface area (Å²) in [7, 11) is 2.15. The van der Waals surface area contributed by atoms with Gasteiger partial charge < -0.3 is 20.1 Å². The van der Waals surface area contributed by atoms with Crippen molar-refractivity contribution in [2.45, 2.75) is 32.4 Å². The SMILES string of the molecule is CCOc1cccc(CNC2CCCN(C)C2)c1O. The van der Waals surface area contributed by atoms with Crippen LogP contribution in [-0.2, 0) is 6.54 Å². The third kappa shape index (κ3) is 3.85. The van der Waals surface area contributed by atoms with Crippen molar-refractivity contribution in [2.75, 3.05) is 26.7 Å². The highest BCUT2D eigenvalue weighted by Crippen LogP contribution is 2.29. The first-order valence-electron chi connectivity index (χ1n) is 7.06. The van der Waals surface area contributed by atoms with Gasteiger partial charge in [-0.25, -0.2) is 0 Å². The molecule has 4 heteroatoms. The van der Waals surface area contributed by atoms with Gasteiger partial charge in [0, 0.05) is 24.7 Å². The first kappa shape index (κ1) is 14.2. The minimum atomic E-state index is 0.265. The summed E-state index contributed by atoms with van der Waals surface area (Å²) in [5.74, 6) is 0.837. The van der Waals surface area contributed by atoms with Gasteiger partial charge in [-0.2, -0.15) is 0 Å². The predicted molar refractivity (Wildman–Crippen MR) is 76.6 cm³/mol. The zero-order chi connectivity index (χ0) is 13.7. The molecule has 106 valence electrons. The number of hydrogen-bond acceptors (Lipinski definition) is 4. The molecule has 2 N–H and O–H groups in total. The van der Waals surface area contributed by atoms with Crippen molar-refractivity contribution in [3.05, 3.63) is 23.8 Å². The van der Waals surface area contributed by atoms with Crippen LogP contribution < -0.4 is 10.1 Å². The fourth-order valence-electron chi connectivity index (χ4n) is 2.57. The molecule has 1 heterocycles. The van der Waals surface area contributed by atoms with E-state index in [1.807, 2.05) is 19.1 Å². The molecule has 19 heavy (non-hydrogen) atoms. The maximum atomic E-state index is 10.1. The standard InChI is InChI=1S/C15H24N2O2/c1-3-19-14-8-4-6-12(15(14)18)10-16-13-7-5-9-17(2)11-13/h4,6,8,13,16,18H,3,5,7,9-11H2,1-2H3. The molecule has 1 aliphatic heterocycles. The summed E-state index contributed by atoms with van der Waals surface area (Å²) in [6.45, 7) is 5.43. The number of para-hydroxylation sites is 1. The van der Waals surface area contributed by atoms with E-state index in [0.717, 1.165) is 12.1 Å². The molecule has 2 rings (SSSR count). The molecule has 1 fully saturated rings. The van der Waals surface area contributed by atoms with E-state index < -0.39 is 0 Å². The number of benzene rings is 1. The number of likely N-dealkylation sites (N-methyl/N-ethyl adjacent to an activating group) is 1. The smallest absolute Gasteiger partial charge is 0.162 e. The number of aromatic hydroxyl groups is 1. The van der Waals surface area contributed by atoms with Crippen molar-refractivity contribution in [1.29, 1.82) is 0 Å². The van der Waals surface area contributed by atoms with E-state index in [1.54, 1.807) is 6.07 Å². The molecule has 1 aromatic carbocycles. The Kier molecular flexibility index (Phi) is 5.05. The van der Waals surface area contributed by atoms with Gasteiger partial charge in [-0.1, -0.05) is 12.1 Å². The van der Waals surface area contributed by atoms with Gasteiger partial charge in [0.05, 0.1) is 6.61 Å². The number of ether oxygens (including phenoxy) is 1. The molecule has 1 saturated heterocycles. The van der Waals surface area contributed by atoms with Gasteiger partial charge in [-0.3, -0.25) is 0 Å². The second kappa shape index (κ2) is 6.78. The minimum Gasteiger partial charge on any atom is -0.504 e. The lowest BCUT2D eigenvalue weighted by Gasteiger charge is -2.30. The first-order chi connectivity index (χ1) is 9.20. The molecule has 0 radical (unpaired) electrons. The monoisotopic (exact) mass is 264 g/mol. The number of nitrogens with one attached hydrogen (secondary N) is 1. The Balaban J connectivity index is 1.93. The number of phenolic OH excluding ortho intramolecular Hbond substituents is 1. The lowest BCUT2D eigenvalue weighted by Crippen LogP contribution is -2.43. The zero-order valence-corrected chi connectivity index (χ0v) is 11.9. The lowest BCUT2D eigenvalue weighted by molar-refractivity contribution is 0.226. The molecule has 0 amide bonds. The summed E-state index contributed by atoms with van der Waals surface area (Å²) in [6.07, 6.45) is 2.44. The molecule has 0 spiro atoms. The zero-order valence-electron chi connectivity index (χ0n) is 11.9. The third-order valence-corrected chi connectivity index (χ3v) is 3.59. The van der Waals surface area contributed by atoms with Crippen LogP contribution in [-0.4, -0.2) is 42.8 Å². The van der Waals surface area contributed by atoms with Crippen LogP contribution in [0.2, 0.25) is 0 Å². The van der Waals surface area contributed by atoms with Gasteiger partial charge in [0.25, 0.3) is 0 Å². The van der Waals surface area contributed by atoms with Crippen molar-refractivity contribution in [3.8, 4) is 11.5 Å². The Morgan fingerprint density at radius 3 is 3.05 bits per heavy atom. The van der Waals surface area contributed by atoms with Gasteiger partial charge in [0.2, 0.25) is 0 Å². The van der Waals surface area contributed by atoms with E-state index in [4.69, 9.17) is 4.74 Å². The molecule has 1 aromatic rings. The molecule has 1 atom stereocenters. The van der Waals surface area contributed by atoms with E-state index >= 15 is 0 Å². The minimum absolute atomic E-state index is 0.265. The largest absolute Gasteiger partial charge is 0.504 e. The lowest BCUT2D eigenvalue weighted by atomic mass is 10.1. The highest BCUT2D eigenvalue weighted by Gasteiger charge is 2.17. The maximum absolute atomic E-state index is 10.1. The van der Waals surface area contributed by atoms with Crippen LogP contribution in [0.4, 0.5) is 0 Å². The predicted octanol–water partition coefficient (Wildman–Crippen LogP) is 1.97. The van der Waals surface area contributed by atoms with E-state index in [-0.39, 0.29) is 5.75 Å². The van der Waals surface area contributed by atoms with Crippen LogP contribution in [0, 0.1) is 0 Å². The molecule has 0 aromatic heterocycles. The van der Waals surface area contributed by atoms with Crippen LogP contribution in [0.5, 0.6) is 11.5 Å². The van der Waals surface area contributed by atoms with Crippen molar-refractivity contribution in [1.82, 2.24) is 10.2 Å². The van der Waals surface area contributed by atoms with Crippen molar-refractivity contribution in [2.24, 2.45) is 0 Å². The molecule has 0 bridgehead atoms. The van der Waals surface area contributed by atoms with E-state index in [2.05, 4.69) is 17.3 Å². The second-order valence-electron chi connectivity index (χ2n) is 5.18. The van der Waals surface area contributed by atoms with E-state index in [0.29, 0.717) is 24.9 Å². The summed E-state index contributed by atoms with van der Waals surface area (Å²) >= 11 is 0. The Hall–Kier alpha value is -1.26. The quantitative estimate of drug-likeness (QED) is 0.853. The van der Waals surface area contributed by atoms with Gasteiger partial charge in [-0.15, -0.1) is 0 Å². The maximum Gasteiger partial charge on any atom is 0.162 e. The normalized spacial score (nSPS) is 20.4. The molecule has 1 unspecified atom stereocenters. The Morgan fingerprint density at radius 1 is 1.47 bits per heavy atom. The van der Waals surface area contributed by atoms with Gasteiger partial charge in [0.1, 0.15) is 0 Å². The number of nitrogens with zero attached hydrogens (tertiary/aromatic N) is 1. The van der Waals surface area contributed by atoms with E-state index in [9.17, 15) is 5.11 Å². The van der Waals surface area contributed by atoms with Gasteiger partial charge in [-0.05, 0) is 39.4 Å².